The van der Waals surface area contributed by atoms with E-state index in [9.17, 15) is 24.1 Å². The van der Waals surface area contributed by atoms with Crippen LogP contribution in [-0.2, 0) is 0 Å². The first-order valence-electron chi connectivity index (χ1n) is 7.88. The molecule has 3 rings (SSSR count). The van der Waals surface area contributed by atoms with Crippen LogP contribution in [0.25, 0.3) is 0 Å². The van der Waals surface area contributed by atoms with Gasteiger partial charge in [-0.15, -0.1) is 0 Å². The van der Waals surface area contributed by atoms with Crippen LogP contribution in [-0.4, -0.2) is 50.6 Å². The monoisotopic (exact) mass is 351 g/mol. The van der Waals surface area contributed by atoms with Crippen LogP contribution >= 0.6 is 0 Å². The minimum Gasteiger partial charge on any atom is -0.390 e. The van der Waals surface area contributed by atoms with Crippen molar-refractivity contribution in [3.63, 3.8) is 0 Å². The summed E-state index contributed by atoms with van der Waals surface area (Å²) in [5, 5.41) is 31.2. The minimum atomic E-state index is -1.23. The van der Waals surface area contributed by atoms with Gasteiger partial charge in [0.05, 0.1) is 18.2 Å². The van der Waals surface area contributed by atoms with Gasteiger partial charge in [-0.3, -0.25) is 0 Å². The molecular weight excluding hydrogens is 332 g/mol. The van der Waals surface area contributed by atoms with E-state index < -0.39 is 41.9 Å². The van der Waals surface area contributed by atoms with Crippen molar-refractivity contribution in [3.8, 4) is 0 Å². The smallest absolute Gasteiger partial charge is 0.159 e. The lowest BCUT2D eigenvalue weighted by Gasteiger charge is -2.28. The van der Waals surface area contributed by atoms with E-state index in [2.05, 4.69) is 9.97 Å². The third kappa shape index (κ3) is 3.33. The number of halogens is 2. The van der Waals surface area contributed by atoms with Crippen LogP contribution < -0.4 is 4.90 Å². The number of anilines is 1. The van der Waals surface area contributed by atoms with E-state index in [0.29, 0.717) is 5.82 Å². The Hall–Kier alpha value is -2.16. The van der Waals surface area contributed by atoms with E-state index in [1.807, 2.05) is 0 Å². The van der Waals surface area contributed by atoms with Gasteiger partial charge in [0.2, 0.25) is 0 Å². The molecule has 3 N–H and O–H groups in total. The Kier molecular flexibility index (Phi) is 4.94. The molecule has 1 aliphatic carbocycles. The number of hydrogen-bond donors (Lipinski definition) is 3. The van der Waals surface area contributed by atoms with E-state index in [4.69, 9.17) is 0 Å². The van der Waals surface area contributed by atoms with Crippen LogP contribution in [0.4, 0.5) is 14.6 Å². The Morgan fingerprint density at radius 2 is 1.92 bits per heavy atom. The zero-order chi connectivity index (χ0) is 18.1. The predicted molar refractivity (Wildman–Crippen MR) is 85.7 cm³/mol. The van der Waals surface area contributed by atoms with Crippen LogP contribution in [0, 0.1) is 17.6 Å². The van der Waals surface area contributed by atoms with E-state index >= 15 is 0 Å². The quantitative estimate of drug-likeness (QED) is 0.763. The zero-order valence-electron chi connectivity index (χ0n) is 13.5. The van der Waals surface area contributed by atoms with E-state index in [1.54, 1.807) is 24.2 Å². The molecule has 1 aromatic heterocycles. The number of aromatic nitrogens is 2. The van der Waals surface area contributed by atoms with Crippen LogP contribution in [0.15, 0.2) is 36.8 Å². The van der Waals surface area contributed by atoms with E-state index in [1.165, 1.54) is 12.4 Å². The zero-order valence-corrected chi connectivity index (χ0v) is 13.5. The third-order valence-electron chi connectivity index (χ3n) is 4.81. The molecule has 1 aliphatic rings. The average Bonchev–Trinajstić information content (AvgIpc) is 2.92. The summed E-state index contributed by atoms with van der Waals surface area (Å²) in [4.78, 5) is 9.63. The molecule has 0 aliphatic heterocycles. The highest BCUT2D eigenvalue weighted by atomic mass is 19.2. The molecule has 0 radical (unpaired) electrons. The first kappa shape index (κ1) is 17.7. The summed E-state index contributed by atoms with van der Waals surface area (Å²) >= 11 is 0. The number of aliphatic hydroxyl groups excluding tert-OH is 3. The Labute approximate surface area is 143 Å². The summed E-state index contributed by atoms with van der Waals surface area (Å²) in [5.74, 6) is -2.24. The number of hydrogen-bond acceptors (Lipinski definition) is 6. The van der Waals surface area contributed by atoms with Crippen LogP contribution in [0.3, 0.4) is 0 Å². The standard InChI is InChI=1S/C17H19F2N3O3/c1-22(14-4-5-20-8-21-14)13-7-10(16(24)17(13)25)15(23)9-2-3-11(18)12(19)6-9/h2-6,8,10,13,15-17,23-25H,7H2,1H3/t10-,13-,15+,16-,17+/m1/s1. The van der Waals surface area contributed by atoms with Crippen molar-refractivity contribution < 1.29 is 24.1 Å². The fourth-order valence-corrected chi connectivity index (χ4v) is 3.35. The van der Waals surface area contributed by atoms with Gasteiger partial charge >= 0.3 is 0 Å². The lowest BCUT2D eigenvalue weighted by Crippen LogP contribution is -2.41. The van der Waals surface area contributed by atoms with Crippen LogP contribution in [0.1, 0.15) is 18.1 Å². The maximum absolute atomic E-state index is 13.4. The number of rotatable bonds is 4. The van der Waals surface area contributed by atoms with Crippen LogP contribution in [0.2, 0.25) is 0 Å². The largest absolute Gasteiger partial charge is 0.390 e. The van der Waals surface area contributed by atoms with Crippen molar-refractivity contribution in [3.05, 3.63) is 54.0 Å². The van der Waals surface area contributed by atoms with E-state index in [-0.39, 0.29) is 12.0 Å². The van der Waals surface area contributed by atoms with Crippen molar-refractivity contribution in [1.29, 1.82) is 0 Å². The first-order valence-corrected chi connectivity index (χ1v) is 7.88. The SMILES string of the molecule is CN(c1ccncn1)[C@@H]1C[C@H]([C@@H](O)c2ccc(F)c(F)c2)[C@@H](O)[C@H]1O. The summed E-state index contributed by atoms with van der Waals surface area (Å²) < 4.78 is 26.5. The molecule has 0 spiro atoms. The third-order valence-corrected chi connectivity index (χ3v) is 4.81. The molecule has 1 fully saturated rings. The van der Waals surface area contributed by atoms with Gasteiger partial charge < -0.3 is 20.2 Å². The summed E-state index contributed by atoms with van der Waals surface area (Å²) in [6.45, 7) is 0. The Morgan fingerprint density at radius 1 is 1.16 bits per heavy atom. The Bertz CT molecular complexity index is 734. The highest BCUT2D eigenvalue weighted by Gasteiger charge is 2.46. The maximum atomic E-state index is 13.4. The molecule has 8 heteroatoms. The molecule has 0 unspecified atom stereocenters. The van der Waals surface area contributed by atoms with Crippen molar-refractivity contribution in [2.75, 3.05) is 11.9 Å². The van der Waals surface area contributed by atoms with E-state index in [0.717, 1.165) is 12.1 Å². The molecule has 6 nitrogen and oxygen atoms in total. The lowest BCUT2D eigenvalue weighted by molar-refractivity contribution is -0.0232. The Balaban J connectivity index is 1.80. The summed E-state index contributed by atoms with van der Waals surface area (Å²) in [5.41, 5.74) is 0.153. The van der Waals surface area contributed by atoms with Gasteiger partial charge in [-0.25, -0.2) is 18.7 Å². The van der Waals surface area contributed by atoms with Crippen molar-refractivity contribution in [2.24, 2.45) is 5.92 Å². The molecule has 1 heterocycles. The van der Waals surface area contributed by atoms with Crippen molar-refractivity contribution >= 4 is 5.82 Å². The summed E-state index contributed by atoms with van der Waals surface area (Å²) in [6, 6.07) is 4.27. The van der Waals surface area contributed by atoms with Crippen LogP contribution in [0.5, 0.6) is 0 Å². The molecule has 5 atom stereocenters. The fourth-order valence-electron chi connectivity index (χ4n) is 3.35. The normalized spacial score (nSPS) is 27.3. The fraction of sp³-hybridized carbons (Fsp3) is 0.412. The second-order valence-electron chi connectivity index (χ2n) is 6.24. The topological polar surface area (TPSA) is 89.7 Å². The number of likely N-dealkylation sites (N-methyl/N-ethyl adjacent to an activating group) is 1. The van der Waals surface area contributed by atoms with Gasteiger partial charge in [0.25, 0.3) is 0 Å². The lowest BCUT2D eigenvalue weighted by atomic mass is 9.92. The molecule has 134 valence electrons. The molecule has 0 amide bonds. The molecule has 1 aromatic carbocycles. The average molecular weight is 351 g/mol. The van der Waals surface area contributed by atoms with Crippen molar-refractivity contribution in [1.82, 2.24) is 9.97 Å². The molecule has 0 bridgehead atoms. The molecular formula is C17H19F2N3O3. The van der Waals surface area contributed by atoms with Gasteiger partial charge in [-0.05, 0) is 30.2 Å². The number of nitrogens with zero attached hydrogens (tertiary/aromatic N) is 3. The summed E-state index contributed by atoms with van der Waals surface area (Å²) in [7, 11) is 1.72. The Morgan fingerprint density at radius 3 is 2.56 bits per heavy atom. The van der Waals surface area contributed by atoms with Gasteiger partial charge in [0.15, 0.2) is 11.6 Å². The predicted octanol–water partition coefficient (Wildman–Crippen LogP) is 1.03. The first-order chi connectivity index (χ1) is 11.9. The minimum absolute atomic E-state index is 0.153. The van der Waals surface area contributed by atoms with Gasteiger partial charge in [-0.2, -0.15) is 0 Å². The van der Waals surface area contributed by atoms with Gasteiger partial charge in [0.1, 0.15) is 18.2 Å². The highest BCUT2D eigenvalue weighted by molar-refractivity contribution is 5.38. The summed E-state index contributed by atoms with van der Waals surface area (Å²) in [6.07, 6.45) is -0.379. The van der Waals surface area contributed by atoms with Gasteiger partial charge in [0, 0.05) is 19.2 Å². The molecule has 2 aromatic rings. The highest BCUT2D eigenvalue weighted by Crippen LogP contribution is 2.39. The van der Waals surface area contributed by atoms with Gasteiger partial charge in [-0.1, -0.05) is 6.07 Å². The molecule has 0 saturated heterocycles. The second kappa shape index (κ2) is 6.99. The number of benzene rings is 1. The molecule has 25 heavy (non-hydrogen) atoms. The molecule has 1 saturated carbocycles. The maximum Gasteiger partial charge on any atom is 0.159 e. The second-order valence-corrected chi connectivity index (χ2v) is 6.24. The number of aliphatic hydroxyl groups is 3. The van der Waals surface area contributed by atoms with Crippen molar-refractivity contribution in [2.45, 2.75) is 30.8 Å².